The van der Waals surface area contributed by atoms with E-state index in [2.05, 4.69) is 93.1 Å². The van der Waals surface area contributed by atoms with Crippen LogP contribution in [0.3, 0.4) is 0 Å². The third-order valence-electron chi connectivity index (χ3n) is 7.25. The zero-order valence-corrected chi connectivity index (χ0v) is 21.6. The standard InChI is InChI=1S/C31H34N6/c1-22-27-13-14-34-30(27)12-11-29(22)36-31-26(19-32)21-35-23(2)28(31)10-9-24-5-7-25(8-6-24)20-33-15-18-37-16-3-4-17-37/h5-14,21,33-34H,3-4,15-18,20H2,1-2H3,(H,35,36)/b10-9+. The Balaban J connectivity index is 1.30. The van der Waals surface area contributed by atoms with E-state index in [4.69, 9.17) is 0 Å². The van der Waals surface area contributed by atoms with Crippen LogP contribution in [0.5, 0.6) is 0 Å². The summed E-state index contributed by atoms with van der Waals surface area (Å²) in [5.41, 5.74) is 8.69. The molecule has 3 N–H and O–H groups in total. The highest BCUT2D eigenvalue weighted by Gasteiger charge is 2.14. The van der Waals surface area contributed by atoms with Crippen LogP contribution < -0.4 is 10.6 Å². The number of aromatic amines is 1. The van der Waals surface area contributed by atoms with Crippen LogP contribution in [-0.2, 0) is 6.54 Å². The van der Waals surface area contributed by atoms with Crippen molar-refractivity contribution < 1.29 is 0 Å². The summed E-state index contributed by atoms with van der Waals surface area (Å²) in [5.74, 6) is 0. The highest BCUT2D eigenvalue weighted by molar-refractivity contribution is 5.90. The average Bonchev–Trinajstić information content (AvgIpc) is 3.61. The Morgan fingerprint density at radius 2 is 1.86 bits per heavy atom. The third kappa shape index (κ3) is 5.75. The zero-order valence-electron chi connectivity index (χ0n) is 21.6. The monoisotopic (exact) mass is 490 g/mol. The van der Waals surface area contributed by atoms with Crippen LogP contribution >= 0.6 is 0 Å². The van der Waals surface area contributed by atoms with Gasteiger partial charge < -0.3 is 20.5 Å². The van der Waals surface area contributed by atoms with Gasteiger partial charge in [-0.15, -0.1) is 0 Å². The molecule has 0 aliphatic carbocycles. The Bertz CT molecular complexity index is 1440. The number of nitriles is 1. The molecule has 0 amide bonds. The topological polar surface area (TPSA) is 79.8 Å². The van der Waals surface area contributed by atoms with Crippen molar-refractivity contribution in [3.05, 3.63) is 88.4 Å². The van der Waals surface area contributed by atoms with Crippen molar-refractivity contribution >= 4 is 34.4 Å². The second kappa shape index (κ2) is 11.4. The summed E-state index contributed by atoms with van der Waals surface area (Å²) in [4.78, 5) is 10.3. The molecule has 6 nitrogen and oxygen atoms in total. The van der Waals surface area contributed by atoms with E-state index in [1.807, 2.05) is 13.1 Å². The molecule has 0 spiro atoms. The molecule has 3 heterocycles. The van der Waals surface area contributed by atoms with E-state index in [0.717, 1.165) is 64.3 Å². The van der Waals surface area contributed by atoms with Crippen LogP contribution in [0, 0.1) is 25.2 Å². The molecule has 0 saturated carbocycles. The van der Waals surface area contributed by atoms with E-state index in [1.54, 1.807) is 6.20 Å². The number of likely N-dealkylation sites (tertiary alicyclic amines) is 1. The highest BCUT2D eigenvalue weighted by Crippen LogP contribution is 2.32. The molecule has 37 heavy (non-hydrogen) atoms. The summed E-state index contributed by atoms with van der Waals surface area (Å²) in [6, 6.07) is 17.1. The molecular formula is C31H34N6. The Morgan fingerprint density at radius 3 is 2.65 bits per heavy atom. The van der Waals surface area contributed by atoms with Gasteiger partial charge in [0.15, 0.2) is 0 Å². The summed E-state index contributed by atoms with van der Waals surface area (Å²) >= 11 is 0. The van der Waals surface area contributed by atoms with E-state index in [1.165, 1.54) is 31.5 Å². The van der Waals surface area contributed by atoms with Gasteiger partial charge in [0.25, 0.3) is 0 Å². The van der Waals surface area contributed by atoms with Gasteiger partial charge in [0.2, 0.25) is 0 Å². The van der Waals surface area contributed by atoms with Gasteiger partial charge in [0.1, 0.15) is 6.07 Å². The number of aromatic nitrogens is 2. The lowest BCUT2D eigenvalue weighted by atomic mass is 10.0. The molecule has 0 radical (unpaired) electrons. The second-order valence-electron chi connectivity index (χ2n) is 9.76. The first-order chi connectivity index (χ1) is 18.1. The quantitative estimate of drug-likeness (QED) is 0.245. The van der Waals surface area contributed by atoms with E-state index >= 15 is 0 Å². The van der Waals surface area contributed by atoms with Crippen molar-refractivity contribution in [1.29, 1.82) is 5.26 Å². The number of benzene rings is 2. The lowest BCUT2D eigenvalue weighted by Crippen LogP contribution is -2.29. The van der Waals surface area contributed by atoms with Gasteiger partial charge in [0.05, 0.1) is 11.3 Å². The number of aryl methyl sites for hydroxylation is 2. The summed E-state index contributed by atoms with van der Waals surface area (Å²) in [6.07, 6.45) is 10.4. The third-order valence-corrected chi connectivity index (χ3v) is 7.25. The molecule has 1 fully saturated rings. The molecule has 0 bridgehead atoms. The first-order valence-electron chi connectivity index (χ1n) is 13.1. The predicted molar refractivity (Wildman–Crippen MR) is 153 cm³/mol. The van der Waals surface area contributed by atoms with Crippen LogP contribution in [0.15, 0.2) is 54.9 Å². The summed E-state index contributed by atoms with van der Waals surface area (Å²) in [6.45, 7) is 9.59. The maximum Gasteiger partial charge on any atom is 0.103 e. The van der Waals surface area contributed by atoms with Crippen LogP contribution in [-0.4, -0.2) is 41.0 Å². The number of H-pyrrole nitrogens is 1. The van der Waals surface area contributed by atoms with Gasteiger partial charge in [-0.1, -0.05) is 36.4 Å². The minimum absolute atomic E-state index is 0.522. The lowest BCUT2D eigenvalue weighted by molar-refractivity contribution is 0.335. The van der Waals surface area contributed by atoms with Crippen molar-refractivity contribution in [3.8, 4) is 6.07 Å². The van der Waals surface area contributed by atoms with Gasteiger partial charge in [-0.05, 0) is 74.7 Å². The predicted octanol–water partition coefficient (Wildman–Crippen LogP) is 6.15. The highest BCUT2D eigenvalue weighted by atomic mass is 15.1. The van der Waals surface area contributed by atoms with Crippen LogP contribution in [0.4, 0.5) is 11.4 Å². The summed E-state index contributed by atoms with van der Waals surface area (Å²) < 4.78 is 0. The van der Waals surface area contributed by atoms with E-state index in [-0.39, 0.29) is 0 Å². The summed E-state index contributed by atoms with van der Waals surface area (Å²) in [7, 11) is 0. The maximum absolute atomic E-state index is 9.82. The maximum atomic E-state index is 9.82. The van der Waals surface area contributed by atoms with E-state index in [9.17, 15) is 5.26 Å². The normalized spacial score (nSPS) is 14.0. The number of rotatable bonds is 9. The molecule has 1 saturated heterocycles. The molecule has 2 aromatic heterocycles. The molecule has 0 unspecified atom stereocenters. The van der Waals surface area contributed by atoms with E-state index in [0.29, 0.717) is 5.56 Å². The fourth-order valence-electron chi connectivity index (χ4n) is 5.00. The van der Waals surface area contributed by atoms with Gasteiger partial charge in [-0.25, -0.2) is 0 Å². The SMILES string of the molecule is Cc1ncc(C#N)c(Nc2ccc3[nH]ccc3c2C)c1/C=C/c1ccc(CNCCN2CCCC2)cc1. The van der Waals surface area contributed by atoms with E-state index < -0.39 is 0 Å². The van der Waals surface area contributed by atoms with Crippen molar-refractivity contribution in [1.82, 2.24) is 20.2 Å². The van der Waals surface area contributed by atoms with Crippen LogP contribution in [0.2, 0.25) is 0 Å². The lowest BCUT2D eigenvalue weighted by Gasteiger charge is -2.16. The van der Waals surface area contributed by atoms with Gasteiger partial charge in [0, 0.05) is 59.9 Å². The minimum Gasteiger partial charge on any atom is -0.361 e. The first-order valence-corrected chi connectivity index (χ1v) is 13.1. The second-order valence-corrected chi connectivity index (χ2v) is 9.76. The first kappa shape index (κ1) is 24.8. The number of hydrogen-bond acceptors (Lipinski definition) is 5. The molecule has 2 aromatic carbocycles. The zero-order chi connectivity index (χ0) is 25.6. The number of anilines is 2. The Hall–Kier alpha value is -3.92. The van der Waals surface area contributed by atoms with Gasteiger partial charge >= 0.3 is 0 Å². The molecule has 188 valence electrons. The Kier molecular flexibility index (Phi) is 7.65. The smallest absolute Gasteiger partial charge is 0.103 e. The van der Waals surface area contributed by atoms with Gasteiger partial charge in [-0.3, -0.25) is 4.98 Å². The number of nitrogens with zero attached hydrogens (tertiary/aromatic N) is 3. The molecular weight excluding hydrogens is 456 g/mol. The number of hydrogen-bond donors (Lipinski definition) is 3. The summed E-state index contributed by atoms with van der Waals surface area (Å²) in [5, 5.41) is 18.1. The van der Waals surface area contributed by atoms with Crippen molar-refractivity contribution in [2.45, 2.75) is 33.2 Å². The van der Waals surface area contributed by atoms with Gasteiger partial charge in [-0.2, -0.15) is 5.26 Å². The molecule has 1 aliphatic rings. The van der Waals surface area contributed by atoms with Crippen molar-refractivity contribution in [3.63, 3.8) is 0 Å². The molecule has 0 atom stereocenters. The Morgan fingerprint density at radius 1 is 1.05 bits per heavy atom. The molecule has 6 heteroatoms. The van der Waals surface area contributed by atoms with Crippen molar-refractivity contribution in [2.24, 2.45) is 0 Å². The minimum atomic E-state index is 0.522. The fourth-order valence-corrected chi connectivity index (χ4v) is 5.00. The largest absolute Gasteiger partial charge is 0.361 e. The Labute approximate surface area is 219 Å². The fraction of sp³-hybridized carbons (Fsp3) is 0.290. The number of fused-ring (bicyclic) bond motifs is 1. The molecule has 5 rings (SSSR count). The van der Waals surface area contributed by atoms with Crippen molar-refractivity contribution in [2.75, 3.05) is 31.5 Å². The number of nitrogens with one attached hydrogen (secondary N) is 3. The average molecular weight is 491 g/mol. The van der Waals surface area contributed by atoms with Crippen LogP contribution in [0.25, 0.3) is 23.1 Å². The molecule has 1 aliphatic heterocycles. The number of pyridine rings is 1. The molecule has 4 aromatic rings. The van der Waals surface area contributed by atoms with Crippen LogP contribution in [0.1, 0.15) is 46.4 Å².